The highest BCUT2D eigenvalue weighted by molar-refractivity contribution is 6.09. The van der Waals surface area contributed by atoms with Crippen molar-refractivity contribution in [2.24, 2.45) is 5.92 Å². The fourth-order valence-electron chi connectivity index (χ4n) is 2.92. The monoisotopic (exact) mass is 278 g/mol. The molecule has 0 aromatic heterocycles. The van der Waals surface area contributed by atoms with E-state index in [9.17, 15) is 9.90 Å². The fourth-order valence-corrected chi connectivity index (χ4v) is 2.92. The summed E-state index contributed by atoms with van der Waals surface area (Å²) in [5.74, 6) is -0.410. The molecule has 2 heteroatoms. The summed E-state index contributed by atoms with van der Waals surface area (Å²) in [6.45, 7) is 4.21. The van der Waals surface area contributed by atoms with Crippen LogP contribution in [0.4, 0.5) is 0 Å². The molecular formula is C19H18O2. The Kier molecular flexibility index (Phi) is 3.38. The molecule has 3 aromatic carbocycles. The van der Waals surface area contributed by atoms with E-state index in [0.29, 0.717) is 11.5 Å². The number of hydrogen-bond donors (Lipinski definition) is 1. The topological polar surface area (TPSA) is 37.3 Å². The van der Waals surface area contributed by atoms with E-state index in [1.807, 2.05) is 36.4 Å². The van der Waals surface area contributed by atoms with Crippen molar-refractivity contribution in [1.82, 2.24) is 0 Å². The molecule has 106 valence electrons. The molecule has 0 unspecified atom stereocenters. The third-order valence-electron chi connectivity index (χ3n) is 3.81. The summed E-state index contributed by atoms with van der Waals surface area (Å²) in [5.41, 5.74) is 1.37. The molecule has 0 amide bonds. The Bertz CT molecular complexity index is 831. The van der Waals surface area contributed by atoms with Gasteiger partial charge in [-0.25, -0.2) is 4.79 Å². The van der Waals surface area contributed by atoms with Crippen molar-refractivity contribution in [3.05, 3.63) is 59.7 Å². The third-order valence-corrected chi connectivity index (χ3v) is 3.81. The Balaban J connectivity index is 2.35. The van der Waals surface area contributed by atoms with Gasteiger partial charge < -0.3 is 5.11 Å². The molecule has 0 radical (unpaired) electrons. The number of carbonyl (C=O) groups is 1. The van der Waals surface area contributed by atoms with Gasteiger partial charge in [0.05, 0.1) is 5.56 Å². The average Bonchev–Trinajstić information content (AvgIpc) is 2.44. The molecule has 0 saturated carbocycles. The van der Waals surface area contributed by atoms with Gasteiger partial charge in [-0.1, -0.05) is 50.2 Å². The number of aromatic carboxylic acids is 1. The fraction of sp³-hybridized carbons (Fsp3) is 0.211. The molecule has 3 aromatic rings. The van der Waals surface area contributed by atoms with Gasteiger partial charge >= 0.3 is 5.97 Å². The van der Waals surface area contributed by atoms with Crippen LogP contribution in [0.2, 0.25) is 0 Å². The van der Waals surface area contributed by atoms with Crippen LogP contribution in [-0.4, -0.2) is 11.1 Å². The minimum atomic E-state index is -0.841. The second-order valence-corrected chi connectivity index (χ2v) is 5.92. The average molecular weight is 278 g/mol. The highest BCUT2D eigenvalue weighted by Crippen LogP contribution is 2.29. The van der Waals surface area contributed by atoms with Gasteiger partial charge in [-0.05, 0) is 51.6 Å². The smallest absolute Gasteiger partial charge is 0.336 e. The van der Waals surface area contributed by atoms with Gasteiger partial charge in [-0.2, -0.15) is 0 Å². The highest BCUT2D eigenvalue weighted by Gasteiger charge is 2.15. The van der Waals surface area contributed by atoms with E-state index in [-0.39, 0.29) is 0 Å². The highest BCUT2D eigenvalue weighted by atomic mass is 16.4. The summed E-state index contributed by atoms with van der Waals surface area (Å²) in [6.07, 6.45) is 0.782. The van der Waals surface area contributed by atoms with E-state index in [1.54, 1.807) is 0 Å². The molecule has 0 aliphatic heterocycles. The first-order valence-electron chi connectivity index (χ1n) is 7.24. The van der Waals surface area contributed by atoms with Crippen LogP contribution in [-0.2, 0) is 6.42 Å². The molecule has 1 N–H and O–H groups in total. The van der Waals surface area contributed by atoms with Crippen molar-refractivity contribution in [1.29, 1.82) is 0 Å². The lowest BCUT2D eigenvalue weighted by Crippen LogP contribution is -2.06. The summed E-state index contributed by atoms with van der Waals surface area (Å²) in [6, 6.07) is 16.1. The number of hydrogen-bond acceptors (Lipinski definition) is 1. The van der Waals surface area contributed by atoms with Gasteiger partial charge in [-0.3, -0.25) is 0 Å². The Morgan fingerprint density at radius 2 is 1.67 bits per heavy atom. The van der Waals surface area contributed by atoms with Crippen molar-refractivity contribution in [3.63, 3.8) is 0 Å². The number of fused-ring (bicyclic) bond motifs is 2. The Hall–Kier alpha value is -2.35. The zero-order valence-electron chi connectivity index (χ0n) is 12.3. The number of rotatable bonds is 3. The molecule has 3 rings (SSSR count). The van der Waals surface area contributed by atoms with Crippen LogP contribution in [0.15, 0.2) is 48.5 Å². The minimum absolute atomic E-state index is 0.431. The van der Waals surface area contributed by atoms with Crippen LogP contribution in [0, 0.1) is 5.92 Å². The summed E-state index contributed by atoms with van der Waals surface area (Å²) in [7, 11) is 0. The van der Waals surface area contributed by atoms with E-state index >= 15 is 0 Å². The lowest BCUT2D eigenvalue weighted by Gasteiger charge is -2.12. The molecule has 0 aliphatic carbocycles. The summed E-state index contributed by atoms with van der Waals surface area (Å²) in [4.78, 5) is 11.8. The van der Waals surface area contributed by atoms with Gasteiger partial charge in [0.25, 0.3) is 0 Å². The van der Waals surface area contributed by atoms with Crippen molar-refractivity contribution in [2.45, 2.75) is 20.3 Å². The number of carboxylic acid groups (broad SMARTS) is 1. The quantitative estimate of drug-likeness (QED) is 0.692. The molecule has 21 heavy (non-hydrogen) atoms. The van der Waals surface area contributed by atoms with Crippen molar-refractivity contribution < 1.29 is 9.90 Å². The maximum atomic E-state index is 11.8. The molecule has 0 atom stereocenters. The molecular weight excluding hydrogens is 260 g/mol. The number of carboxylic acids is 1. The molecule has 0 heterocycles. The van der Waals surface area contributed by atoms with Crippen LogP contribution in [0.3, 0.4) is 0 Å². The Morgan fingerprint density at radius 1 is 1.00 bits per heavy atom. The Morgan fingerprint density at radius 3 is 2.29 bits per heavy atom. The molecule has 0 bridgehead atoms. The van der Waals surface area contributed by atoms with Gasteiger partial charge in [0.15, 0.2) is 0 Å². The molecule has 0 saturated heterocycles. The van der Waals surface area contributed by atoms with Gasteiger partial charge in [0.2, 0.25) is 0 Å². The lowest BCUT2D eigenvalue weighted by molar-refractivity contribution is 0.0698. The lowest BCUT2D eigenvalue weighted by atomic mass is 9.92. The van der Waals surface area contributed by atoms with Gasteiger partial charge in [0.1, 0.15) is 0 Å². The number of benzene rings is 3. The van der Waals surface area contributed by atoms with Crippen LogP contribution in [0.25, 0.3) is 21.5 Å². The third kappa shape index (κ3) is 2.49. The van der Waals surface area contributed by atoms with Crippen molar-refractivity contribution >= 4 is 27.5 Å². The predicted octanol–water partition coefficient (Wildman–Crippen LogP) is 4.89. The first kappa shape index (κ1) is 13.6. The SMILES string of the molecule is CC(C)Cc1ccc2cc3ccccc3cc2c1C(=O)O. The van der Waals surface area contributed by atoms with Crippen LogP contribution < -0.4 is 0 Å². The largest absolute Gasteiger partial charge is 0.478 e. The predicted molar refractivity (Wildman–Crippen MR) is 87.0 cm³/mol. The van der Waals surface area contributed by atoms with Gasteiger partial charge in [0, 0.05) is 0 Å². The van der Waals surface area contributed by atoms with E-state index in [2.05, 4.69) is 26.0 Å². The minimum Gasteiger partial charge on any atom is -0.478 e. The maximum Gasteiger partial charge on any atom is 0.336 e. The summed E-state index contributed by atoms with van der Waals surface area (Å²) in [5, 5.41) is 13.7. The van der Waals surface area contributed by atoms with Crippen LogP contribution in [0.5, 0.6) is 0 Å². The van der Waals surface area contributed by atoms with E-state index < -0.39 is 5.97 Å². The normalized spacial score (nSPS) is 11.4. The summed E-state index contributed by atoms with van der Waals surface area (Å²) >= 11 is 0. The first-order chi connectivity index (χ1) is 10.1. The summed E-state index contributed by atoms with van der Waals surface area (Å²) < 4.78 is 0. The van der Waals surface area contributed by atoms with E-state index in [0.717, 1.165) is 33.5 Å². The molecule has 0 fully saturated rings. The molecule has 0 aliphatic rings. The Labute approximate surface area is 124 Å². The molecule has 2 nitrogen and oxygen atoms in total. The molecule has 0 spiro atoms. The van der Waals surface area contributed by atoms with Gasteiger partial charge in [-0.15, -0.1) is 0 Å². The van der Waals surface area contributed by atoms with E-state index in [1.165, 1.54) is 0 Å². The van der Waals surface area contributed by atoms with Crippen molar-refractivity contribution in [3.8, 4) is 0 Å². The van der Waals surface area contributed by atoms with Crippen molar-refractivity contribution in [2.75, 3.05) is 0 Å². The van der Waals surface area contributed by atoms with Crippen LogP contribution >= 0.6 is 0 Å². The standard InChI is InChI=1S/C19H18O2/c1-12(2)9-16-8-7-15-10-13-5-3-4-6-14(13)11-17(15)18(16)19(20)21/h3-8,10-12H,9H2,1-2H3,(H,20,21). The second kappa shape index (κ2) is 5.21. The maximum absolute atomic E-state index is 11.8. The first-order valence-corrected chi connectivity index (χ1v) is 7.24. The second-order valence-electron chi connectivity index (χ2n) is 5.92. The zero-order chi connectivity index (χ0) is 15.0. The van der Waals surface area contributed by atoms with Crippen LogP contribution in [0.1, 0.15) is 29.8 Å². The zero-order valence-corrected chi connectivity index (χ0v) is 12.3. The van der Waals surface area contributed by atoms with E-state index in [4.69, 9.17) is 0 Å².